The van der Waals surface area contributed by atoms with E-state index in [4.69, 9.17) is 9.68 Å². The summed E-state index contributed by atoms with van der Waals surface area (Å²) in [4.78, 5) is 19.0. The van der Waals surface area contributed by atoms with Gasteiger partial charge in [0.2, 0.25) is 0 Å². The lowest BCUT2D eigenvalue weighted by molar-refractivity contribution is 0.0976. The third kappa shape index (κ3) is 3.07. The molecule has 0 unspecified atom stereocenters. The van der Waals surface area contributed by atoms with E-state index in [1.54, 1.807) is 40.8 Å². The number of rotatable bonds is 4. The van der Waals surface area contributed by atoms with Gasteiger partial charge in [0.05, 0.1) is 17.9 Å². The summed E-state index contributed by atoms with van der Waals surface area (Å²) in [7, 11) is 0. The molecule has 0 fully saturated rings. The molecule has 120 valence electrons. The molecular formula is C18H15N3O2S. The number of benzene rings is 1. The quantitative estimate of drug-likeness (QED) is 0.710. The van der Waals surface area contributed by atoms with Crippen LogP contribution >= 0.6 is 11.3 Å². The van der Waals surface area contributed by atoms with Crippen LogP contribution in [0.25, 0.3) is 10.8 Å². The van der Waals surface area contributed by atoms with Gasteiger partial charge in [-0.1, -0.05) is 6.07 Å². The van der Waals surface area contributed by atoms with E-state index < -0.39 is 0 Å². The summed E-state index contributed by atoms with van der Waals surface area (Å²) in [5.41, 5.74) is 1.56. The van der Waals surface area contributed by atoms with Crippen LogP contribution in [0.4, 0.5) is 5.69 Å². The number of carbonyl (C=O) groups excluding carboxylic acids is 1. The summed E-state index contributed by atoms with van der Waals surface area (Å²) in [5, 5.41) is 11.5. The number of thiazole rings is 1. The molecule has 0 aliphatic carbocycles. The highest BCUT2D eigenvalue weighted by Crippen LogP contribution is 2.26. The molecule has 0 aliphatic rings. The van der Waals surface area contributed by atoms with Crippen molar-refractivity contribution in [1.82, 2.24) is 4.98 Å². The van der Waals surface area contributed by atoms with Crippen molar-refractivity contribution < 1.29 is 9.21 Å². The van der Waals surface area contributed by atoms with Crippen LogP contribution in [0.1, 0.15) is 29.9 Å². The van der Waals surface area contributed by atoms with Crippen molar-refractivity contribution in [3.05, 3.63) is 59.3 Å². The highest BCUT2D eigenvalue weighted by molar-refractivity contribution is 7.13. The lowest BCUT2D eigenvalue weighted by atomic mass is 10.1. The Hall–Kier alpha value is -2.91. The highest BCUT2D eigenvalue weighted by Gasteiger charge is 2.23. The van der Waals surface area contributed by atoms with Crippen LogP contribution in [0.5, 0.6) is 0 Å². The summed E-state index contributed by atoms with van der Waals surface area (Å²) < 4.78 is 5.32. The minimum Gasteiger partial charge on any atom is -0.462 e. The Balaban J connectivity index is 1.94. The minimum atomic E-state index is -0.200. The summed E-state index contributed by atoms with van der Waals surface area (Å²) in [6.07, 6.45) is 1.58. The Morgan fingerprint density at radius 1 is 1.33 bits per heavy atom. The summed E-state index contributed by atoms with van der Waals surface area (Å²) in [6, 6.07) is 12.6. The largest absolute Gasteiger partial charge is 0.462 e. The Bertz CT molecular complexity index is 891. The van der Waals surface area contributed by atoms with Crippen molar-refractivity contribution in [2.45, 2.75) is 19.9 Å². The maximum atomic E-state index is 12.9. The zero-order chi connectivity index (χ0) is 17.1. The zero-order valence-corrected chi connectivity index (χ0v) is 14.1. The number of furan rings is 1. The van der Waals surface area contributed by atoms with Crippen molar-refractivity contribution in [2.24, 2.45) is 0 Å². The van der Waals surface area contributed by atoms with Crippen molar-refractivity contribution >= 4 is 22.9 Å². The molecule has 0 bridgehead atoms. The lowest BCUT2D eigenvalue weighted by Crippen LogP contribution is -2.37. The minimum absolute atomic E-state index is 0.0693. The number of amides is 1. The van der Waals surface area contributed by atoms with Crippen molar-refractivity contribution in [1.29, 1.82) is 5.26 Å². The molecule has 0 saturated carbocycles. The predicted molar refractivity (Wildman–Crippen MR) is 92.9 cm³/mol. The Morgan fingerprint density at radius 3 is 2.83 bits per heavy atom. The predicted octanol–water partition coefficient (Wildman–Crippen LogP) is 4.33. The van der Waals surface area contributed by atoms with Crippen LogP contribution in [-0.2, 0) is 0 Å². The average Bonchev–Trinajstić information content (AvgIpc) is 3.26. The third-order valence-corrected chi connectivity index (χ3v) is 4.30. The van der Waals surface area contributed by atoms with Gasteiger partial charge in [-0.25, -0.2) is 4.98 Å². The Kier molecular flexibility index (Phi) is 4.45. The fraction of sp³-hybridized carbons (Fsp3) is 0.167. The van der Waals surface area contributed by atoms with Gasteiger partial charge in [0.1, 0.15) is 5.69 Å². The van der Waals surface area contributed by atoms with E-state index in [9.17, 15) is 4.79 Å². The number of anilines is 1. The van der Waals surface area contributed by atoms with E-state index >= 15 is 0 Å². The number of nitriles is 1. The van der Waals surface area contributed by atoms with Crippen molar-refractivity contribution in [3.8, 4) is 16.8 Å². The first-order valence-electron chi connectivity index (χ1n) is 7.43. The number of hydrogen-bond donors (Lipinski definition) is 0. The van der Waals surface area contributed by atoms with Gasteiger partial charge < -0.3 is 9.32 Å². The number of hydrogen-bond acceptors (Lipinski definition) is 5. The molecule has 5 nitrogen and oxygen atoms in total. The molecule has 0 N–H and O–H groups in total. The highest BCUT2D eigenvalue weighted by atomic mass is 32.1. The van der Waals surface area contributed by atoms with E-state index in [0.29, 0.717) is 27.7 Å². The van der Waals surface area contributed by atoms with Gasteiger partial charge in [-0.3, -0.25) is 4.79 Å². The number of nitrogens with zero attached hydrogens (tertiary/aromatic N) is 3. The van der Waals surface area contributed by atoms with Crippen LogP contribution in [0.2, 0.25) is 0 Å². The lowest BCUT2D eigenvalue weighted by Gasteiger charge is -2.26. The first-order valence-corrected chi connectivity index (χ1v) is 8.31. The molecule has 0 radical (unpaired) electrons. The summed E-state index contributed by atoms with van der Waals surface area (Å²) in [6.45, 7) is 3.85. The Morgan fingerprint density at radius 2 is 2.17 bits per heavy atom. The third-order valence-electron chi connectivity index (χ3n) is 3.44. The molecule has 1 aromatic carbocycles. The molecule has 2 heterocycles. The van der Waals surface area contributed by atoms with Gasteiger partial charge in [0, 0.05) is 17.1 Å². The van der Waals surface area contributed by atoms with Gasteiger partial charge >= 0.3 is 0 Å². The molecule has 0 aliphatic heterocycles. The molecule has 6 heteroatoms. The molecule has 24 heavy (non-hydrogen) atoms. The van der Waals surface area contributed by atoms with E-state index in [2.05, 4.69) is 11.1 Å². The topological polar surface area (TPSA) is 70.1 Å². The van der Waals surface area contributed by atoms with Gasteiger partial charge in [0.25, 0.3) is 5.91 Å². The van der Waals surface area contributed by atoms with Crippen LogP contribution in [-0.4, -0.2) is 16.9 Å². The molecule has 0 spiro atoms. The maximum absolute atomic E-state index is 12.9. The van der Waals surface area contributed by atoms with Crippen molar-refractivity contribution in [3.63, 3.8) is 0 Å². The molecule has 0 atom stereocenters. The molecule has 3 rings (SSSR count). The van der Waals surface area contributed by atoms with E-state index in [1.807, 2.05) is 26.0 Å². The number of aromatic nitrogens is 1. The monoisotopic (exact) mass is 337 g/mol. The average molecular weight is 337 g/mol. The van der Waals surface area contributed by atoms with Crippen LogP contribution in [0.3, 0.4) is 0 Å². The second kappa shape index (κ2) is 6.69. The first kappa shape index (κ1) is 16.0. The SMILES string of the molecule is CC(C)N(C(=O)c1csc(-c2ccco2)n1)c1cccc(C#N)c1. The maximum Gasteiger partial charge on any atom is 0.278 e. The van der Waals surface area contributed by atoms with Gasteiger partial charge in [-0.2, -0.15) is 5.26 Å². The van der Waals surface area contributed by atoms with Crippen molar-refractivity contribution in [2.75, 3.05) is 4.90 Å². The van der Waals surface area contributed by atoms with E-state index in [1.165, 1.54) is 11.3 Å². The second-order valence-corrected chi connectivity index (χ2v) is 6.30. The van der Waals surface area contributed by atoms with Gasteiger partial charge in [-0.15, -0.1) is 11.3 Å². The molecule has 1 amide bonds. The molecule has 3 aromatic rings. The van der Waals surface area contributed by atoms with Gasteiger partial charge in [-0.05, 0) is 44.2 Å². The normalized spacial score (nSPS) is 10.6. The standard InChI is InChI=1S/C18H15N3O2S/c1-12(2)21(14-6-3-5-13(9-14)10-19)18(22)15-11-24-17(20-15)16-7-4-8-23-16/h3-9,11-12H,1-2H3. The molecule has 2 aromatic heterocycles. The van der Waals surface area contributed by atoms with E-state index in [-0.39, 0.29) is 11.9 Å². The summed E-state index contributed by atoms with van der Waals surface area (Å²) >= 11 is 1.36. The smallest absolute Gasteiger partial charge is 0.278 e. The first-order chi connectivity index (χ1) is 11.6. The van der Waals surface area contributed by atoms with Gasteiger partial charge in [0.15, 0.2) is 10.8 Å². The Labute approximate surface area is 143 Å². The molecule has 0 saturated heterocycles. The second-order valence-electron chi connectivity index (χ2n) is 5.45. The van der Waals surface area contributed by atoms with E-state index in [0.717, 1.165) is 0 Å². The molecular weight excluding hydrogens is 322 g/mol. The fourth-order valence-corrected chi connectivity index (χ4v) is 3.14. The number of carbonyl (C=O) groups is 1. The summed E-state index contributed by atoms with van der Waals surface area (Å²) in [5.74, 6) is 0.441. The van der Waals surface area contributed by atoms with Crippen LogP contribution in [0.15, 0.2) is 52.5 Å². The fourth-order valence-electron chi connectivity index (χ4n) is 2.38. The van der Waals surface area contributed by atoms with Crippen LogP contribution < -0.4 is 4.90 Å². The van der Waals surface area contributed by atoms with Crippen LogP contribution in [0, 0.1) is 11.3 Å². The zero-order valence-electron chi connectivity index (χ0n) is 13.3.